The number of allylic oxidation sites excluding steroid dienone is 4. The minimum absolute atomic E-state index is 0. The van der Waals surface area contributed by atoms with E-state index in [0.717, 1.165) is 70.6 Å². The first-order valence-corrected chi connectivity index (χ1v) is 27.7. The van der Waals surface area contributed by atoms with E-state index in [2.05, 4.69) is 45.1 Å². The van der Waals surface area contributed by atoms with Gasteiger partial charge in [-0.3, -0.25) is 14.4 Å². The summed E-state index contributed by atoms with van der Waals surface area (Å²) in [6, 6.07) is 0. The minimum Gasteiger partial charge on any atom is -1.00 e. The van der Waals surface area contributed by atoms with Gasteiger partial charge in [0.05, 0.1) is 21.1 Å². The molecule has 0 aliphatic heterocycles. The molecule has 0 N–H and O–H groups in total. The monoisotopic (exact) mass is 938 g/mol. The smallest absolute Gasteiger partial charge is 0.306 e. The number of carbonyl (C=O) groups is 3. The molecule has 0 radical (unpaired) electrons. The molecule has 65 heavy (non-hydrogen) atoms. The van der Waals surface area contributed by atoms with Crippen molar-refractivity contribution in [3.63, 3.8) is 0 Å². The lowest BCUT2D eigenvalue weighted by Crippen LogP contribution is -3.00. The molecule has 0 spiro atoms. The number of halogens is 1. The Balaban J connectivity index is 0. The lowest BCUT2D eigenvalue weighted by atomic mass is 9.98. The number of ether oxygens (including phenoxy) is 3. The highest BCUT2D eigenvalue weighted by Gasteiger charge is 2.47. The summed E-state index contributed by atoms with van der Waals surface area (Å²) in [7, 11) is 5.98. The third-order valence-electron chi connectivity index (χ3n) is 13.2. The molecule has 0 amide bonds. The van der Waals surface area contributed by atoms with Crippen LogP contribution in [0.4, 0.5) is 0 Å². The van der Waals surface area contributed by atoms with Crippen LogP contribution in [-0.4, -0.2) is 68.9 Å². The fourth-order valence-corrected chi connectivity index (χ4v) is 8.18. The number of hydrogen-bond acceptors (Lipinski definition) is 6. The Labute approximate surface area is 410 Å². The van der Waals surface area contributed by atoms with Crippen LogP contribution in [0.25, 0.3) is 0 Å². The molecule has 0 saturated heterocycles. The van der Waals surface area contributed by atoms with Gasteiger partial charge in [-0.2, -0.15) is 0 Å². The Kier molecular flexibility index (Phi) is 48.8. The molecule has 0 saturated carbocycles. The number of likely N-dealkylation sites (N-methyl/N-ethyl adjacent to an activating group) is 1. The van der Waals surface area contributed by atoms with Crippen molar-refractivity contribution < 1.29 is 45.5 Å². The van der Waals surface area contributed by atoms with Gasteiger partial charge in [-0.25, -0.2) is 0 Å². The molecule has 0 aromatic rings. The van der Waals surface area contributed by atoms with Gasteiger partial charge in [0.2, 0.25) is 5.54 Å². The fraction of sp³-hybridized carbons (Fsp3) is 0.877. The van der Waals surface area contributed by atoms with Crippen LogP contribution in [0, 0.1) is 0 Å². The summed E-state index contributed by atoms with van der Waals surface area (Å²) in [5.41, 5.74) is -0.913. The molecular weight excluding hydrogens is 830 g/mol. The van der Waals surface area contributed by atoms with E-state index < -0.39 is 5.54 Å². The average molecular weight is 939 g/mol. The summed E-state index contributed by atoms with van der Waals surface area (Å²) >= 11 is 0. The normalized spacial score (nSPS) is 12.0. The van der Waals surface area contributed by atoms with Crippen molar-refractivity contribution in [2.24, 2.45) is 0 Å². The molecule has 384 valence electrons. The van der Waals surface area contributed by atoms with E-state index in [0.29, 0.717) is 23.7 Å². The highest BCUT2D eigenvalue weighted by atomic mass is 35.5. The summed E-state index contributed by atoms with van der Waals surface area (Å²) in [4.78, 5) is 39.2. The zero-order valence-corrected chi connectivity index (χ0v) is 44.7. The van der Waals surface area contributed by atoms with Crippen molar-refractivity contribution in [1.29, 1.82) is 0 Å². The molecule has 0 atom stereocenters. The zero-order chi connectivity index (χ0) is 47.1. The predicted octanol–water partition coefficient (Wildman–Crippen LogP) is 13.8. The molecule has 0 aliphatic rings. The van der Waals surface area contributed by atoms with Crippen LogP contribution in [0.1, 0.15) is 278 Å². The number of hydrogen-bond donors (Lipinski definition) is 0. The molecule has 0 aromatic carbocycles. The zero-order valence-electron chi connectivity index (χ0n) is 44.0. The maximum atomic E-state index is 13.1. The fourth-order valence-electron chi connectivity index (χ4n) is 8.18. The van der Waals surface area contributed by atoms with Crippen LogP contribution in [0.2, 0.25) is 0 Å². The van der Waals surface area contributed by atoms with Gasteiger partial charge in [-0.1, -0.05) is 212 Å². The first-order chi connectivity index (χ1) is 31.1. The summed E-state index contributed by atoms with van der Waals surface area (Å²) in [6.45, 7) is 6.85. The Morgan fingerprint density at radius 1 is 0.338 bits per heavy atom. The molecule has 0 heterocycles. The van der Waals surface area contributed by atoms with Crippen molar-refractivity contribution in [3.8, 4) is 0 Å². The Hall–Kier alpha value is -1.86. The van der Waals surface area contributed by atoms with E-state index >= 15 is 0 Å². The standard InChI is InChI=1S/C57H108NO6.ClH/c1-7-10-13-16-19-22-25-27-29-31-34-37-40-43-46-49-55(60)63-52-57(58(4,5)6,51-62-54(59)48-45-42-39-36-33-24-21-18-15-12-9-3)53-64-56(61)50-47-44-41-38-35-32-30-28-26-23-20-17-14-11-8-2;/h27-30H,7-26,31-53H2,1-6H3;1H/q+1;/p-1/b29-27-,30-28-;. The predicted molar refractivity (Wildman–Crippen MR) is 274 cm³/mol. The van der Waals surface area contributed by atoms with Gasteiger partial charge in [0.25, 0.3) is 0 Å². The lowest BCUT2D eigenvalue weighted by Gasteiger charge is -2.44. The minimum atomic E-state index is -0.913. The van der Waals surface area contributed by atoms with E-state index in [4.69, 9.17) is 14.2 Å². The van der Waals surface area contributed by atoms with Gasteiger partial charge >= 0.3 is 17.9 Å². The Morgan fingerprint density at radius 3 is 0.754 bits per heavy atom. The van der Waals surface area contributed by atoms with Crippen LogP contribution < -0.4 is 12.4 Å². The summed E-state index contributed by atoms with van der Waals surface area (Å²) in [5.74, 6) is -0.738. The number of quaternary nitrogens is 1. The number of rotatable bonds is 49. The van der Waals surface area contributed by atoms with Crippen LogP contribution in [0.15, 0.2) is 24.3 Å². The highest BCUT2D eigenvalue weighted by molar-refractivity contribution is 5.70. The van der Waals surface area contributed by atoms with Crippen molar-refractivity contribution in [2.45, 2.75) is 283 Å². The van der Waals surface area contributed by atoms with E-state index in [1.54, 1.807) is 0 Å². The summed E-state index contributed by atoms with van der Waals surface area (Å²) < 4.78 is 18.1. The third kappa shape index (κ3) is 43.2. The Bertz CT molecular complexity index is 1060. The molecule has 0 rings (SSSR count). The van der Waals surface area contributed by atoms with E-state index in [1.807, 2.05) is 21.1 Å². The first-order valence-electron chi connectivity index (χ1n) is 27.7. The second kappa shape index (κ2) is 48.6. The van der Waals surface area contributed by atoms with Gasteiger partial charge in [0, 0.05) is 19.3 Å². The summed E-state index contributed by atoms with van der Waals surface area (Å²) in [5, 5.41) is 0. The van der Waals surface area contributed by atoms with Crippen LogP contribution in [-0.2, 0) is 28.6 Å². The van der Waals surface area contributed by atoms with Crippen LogP contribution in [0.5, 0.6) is 0 Å². The quantitative estimate of drug-likeness (QED) is 0.0199. The highest BCUT2D eigenvalue weighted by Crippen LogP contribution is 2.24. The van der Waals surface area contributed by atoms with Crippen LogP contribution >= 0.6 is 0 Å². The van der Waals surface area contributed by atoms with Gasteiger partial charge < -0.3 is 31.1 Å². The van der Waals surface area contributed by atoms with Gasteiger partial charge in [0.1, 0.15) is 0 Å². The number of esters is 3. The topological polar surface area (TPSA) is 78.9 Å². The van der Waals surface area contributed by atoms with E-state index in [-0.39, 0.29) is 50.1 Å². The molecule has 0 aliphatic carbocycles. The van der Waals surface area contributed by atoms with Crippen molar-refractivity contribution >= 4 is 17.9 Å². The van der Waals surface area contributed by atoms with Crippen molar-refractivity contribution in [1.82, 2.24) is 0 Å². The molecule has 8 heteroatoms. The van der Waals surface area contributed by atoms with Crippen LogP contribution in [0.3, 0.4) is 0 Å². The van der Waals surface area contributed by atoms with Gasteiger partial charge in [-0.05, 0) is 70.6 Å². The van der Waals surface area contributed by atoms with Crippen molar-refractivity contribution in [2.75, 3.05) is 41.0 Å². The molecule has 0 fully saturated rings. The second-order valence-electron chi connectivity index (χ2n) is 20.2. The molecule has 7 nitrogen and oxygen atoms in total. The molecule has 0 aromatic heterocycles. The molecule has 0 unspecified atom stereocenters. The number of carbonyl (C=O) groups excluding carboxylic acids is 3. The van der Waals surface area contributed by atoms with E-state index in [9.17, 15) is 14.4 Å². The molecular formula is C57H108ClNO6. The SMILES string of the molecule is CCCCCCCC/C=C\CCCCCCCC(=O)OCC(COC(=O)CCCCCCC/C=C\CCCCCCCC)(COC(=O)CCCCCCCCCCCCC)[N+](C)(C)C.[Cl-]. The second-order valence-corrected chi connectivity index (χ2v) is 20.2. The van der Waals surface area contributed by atoms with Gasteiger partial charge in [-0.15, -0.1) is 0 Å². The maximum Gasteiger partial charge on any atom is 0.306 e. The van der Waals surface area contributed by atoms with E-state index in [1.165, 1.54) is 167 Å². The summed E-state index contributed by atoms with van der Waals surface area (Å²) in [6.07, 6.45) is 55.3. The number of unbranched alkanes of at least 4 members (excludes halogenated alkanes) is 32. The lowest BCUT2D eigenvalue weighted by molar-refractivity contribution is -0.925. The number of nitrogens with zero attached hydrogens (tertiary/aromatic N) is 1. The maximum absolute atomic E-state index is 13.1. The third-order valence-corrected chi connectivity index (χ3v) is 13.2. The van der Waals surface area contributed by atoms with Gasteiger partial charge in [0.15, 0.2) is 19.8 Å². The first kappa shape index (κ1) is 65.2. The van der Waals surface area contributed by atoms with Crippen molar-refractivity contribution in [3.05, 3.63) is 24.3 Å². The Morgan fingerprint density at radius 2 is 0.538 bits per heavy atom. The largest absolute Gasteiger partial charge is 1.00 e. The average Bonchev–Trinajstić information content (AvgIpc) is 3.27. The molecule has 0 bridgehead atoms.